The number of hydrogen-bond acceptors (Lipinski definition) is 3. The predicted molar refractivity (Wildman–Crippen MR) is 85.8 cm³/mol. The highest BCUT2D eigenvalue weighted by Crippen LogP contribution is 2.18. The molecule has 0 saturated carbocycles. The van der Waals surface area contributed by atoms with Crippen LogP contribution in [-0.4, -0.2) is 17.6 Å². The largest absolute Gasteiger partial charge is 0.314 e. The zero-order chi connectivity index (χ0) is 14.5. The summed E-state index contributed by atoms with van der Waals surface area (Å²) in [4.78, 5) is 4.50. The van der Waals surface area contributed by atoms with Crippen molar-refractivity contribution in [3.05, 3.63) is 50.1 Å². The minimum atomic E-state index is -0.199. The van der Waals surface area contributed by atoms with Gasteiger partial charge >= 0.3 is 0 Å². The highest BCUT2D eigenvalue weighted by Gasteiger charge is 2.12. The molecule has 0 spiro atoms. The second-order valence-electron chi connectivity index (χ2n) is 4.82. The fraction of sp³-hybridized carbons (Fsp3) is 0.400. The maximum absolute atomic E-state index is 13.4. The molecule has 108 valence electrons. The summed E-state index contributed by atoms with van der Waals surface area (Å²) in [5.74, 6) is -0.199. The van der Waals surface area contributed by atoms with Crippen LogP contribution in [0.15, 0.2) is 28.1 Å². The quantitative estimate of drug-likeness (QED) is 0.841. The van der Waals surface area contributed by atoms with Crippen LogP contribution in [0.4, 0.5) is 4.39 Å². The van der Waals surface area contributed by atoms with Crippen LogP contribution >= 0.6 is 27.3 Å². The number of hydrogen-bond donors (Lipinski definition) is 1. The van der Waals surface area contributed by atoms with Gasteiger partial charge in [-0.3, -0.25) is 0 Å². The second kappa shape index (κ2) is 7.29. The average molecular weight is 357 g/mol. The van der Waals surface area contributed by atoms with Crippen molar-refractivity contribution in [1.82, 2.24) is 10.3 Å². The number of thiazole rings is 1. The second-order valence-corrected chi connectivity index (χ2v) is 6.68. The third-order valence-corrected chi connectivity index (χ3v) is 4.43. The van der Waals surface area contributed by atoms with Crippen molar-refractivity contribution < 1.29 is 4.39 Å². The van der Waals surface area contributed by atoms with Gasteiger partial charge in [0.15, 0.2) is 0 Å². The van der Waals surface area contributed by atoms with Crippen molar-refractivity contribution >= 4 is 27.3 Å². The Morgan fingerprint density at radius 3 is 2.75 bits per heavy atom. The van der Waals surface area contributed by atoms with E-state index in [9.17, 15) is 4.39 Å². The number of nitrogens with zero attached hydrogens (tertiary/aromatic N) is 1. The van der Waals surface area contributed by atoms with Gasteiger partial charge in [-0.25, -0.2) is 9.37 Å². The van der Waals surface area contributed by atoms with Gasteiger partial charge in [0.2, 0.25) is 0 Å². The fourth-order valence-electron chi connectivity index (χ4n) is 2.23. The summed E-state index contributed by atoms with van der Waals surface area (Å²) in [5.41, 5.74) is 2.06. The lowest BCUT2D eigenvalue weighted by molar-refractivity contribution is 0.518. The maximum Gasteiger partial charge on any atom is 0.124 e. The SMILES string of the molecule is CCNC(Cc1cc(F)cc(Br)c1)Cc1nc(C)cs1. The number of nitrogens with one attached hydrogen (secondary N) is 1. The van der Waals surface area contributed by atoms with E-state index >= 15 is 0 Å². The Kier molecular flexibility index (Phi) is 5.69. The third-order valence-electron chi connectivity index (χ3n) is 2.98. The number of benzene rings is 1. The van der Waals surface area contributed by atoms with E-state index in [0.717, 1.165) is 40.1 Å². The normalized spacial score (nSPS) is 12.6. The van der Waals surface area contributed by atoms with Gasteiger partial charge in [-0.05, 0) is 43.7 Å². The summed E-state index contributed by atoms with van der Waals surface area (Å²) < 4.78 is 14.2. The van der Waals surface area contributed by atoms with Gasteiger partial charge in [0, 0.05) is 28.0 Å². The van der Waals surface area contributed by atoms with E-state index in [1.165, 1.54) is 6.07 Å². The Hall–Kier alpha value is -0.780. The molecule has 2 aromatic rings. The lowest BCUT2D eigenvalue weighted by Gasteiger charge is -2.17. The Morgan fingerprint density at radius 1 is 1.35 bits per heavy atom. The highest BCUT2D eigenvalue weighted by molar-refractivity contribution is 9.10. The van der Waals surface area contributed by atoms with E-state index in [-0.39, 0.29) is 11.9 Å². The molecule has 5 heteroatoms. The van der Waals surface area contributed by atoms with E-state index in [2.05, 4.69) is 38.5 Å². The lowest BCUT2D eigenvalue weighted by Crippen LogP contribution is -2.33. The van der Waals surface area contributed by atoms with E-state index in [0.29, 0.717) is 0 Å². The molecule has 1 atom stereocenters. The summed E-state index contributed by atoms with van der Waals surface area (Å²) >= 11 is 5.03. The van der Waals surface area contributed by atoms with Crippen LogP contribution in [-0.2, 0) is 12.8 Å². The molecule has 0 aliphatic heterocycles. The molecule has 2 rings (SSSR count). The van der Waals surface area contributed by atoms with Crippen molar-refractivity contribution in [1.29, 1.82) is 0 Å². The summed E-state index contributed by atoms with van der Waals surface area (Å²) in [7, 11) is 0. The van der Waals surface area contributed by atoms with Crippen LogP contribution < -0.4 is 5.32 Å². The van der Waals surface area contributed by atoms with Crippen LogP contribution in [0.2, 0.25) is 0 Å². The Labute approximate surface area is 131 Å². The van der Waals surface area contributed by atoms with Crippen molar-refractivity contribution in [2.75, 3.05) is 6.54 Å². The number of halogens is 2. The van der Waals surface area contributed by atoms with E-state index < -0.39 is 0 Å². The molecular formula is C15H18BrFN2S. The molecular weight excluding hydrogens is 339 g/mol. The molecule has 0 radical (unpaired) electrons. The van der Waals surface area contributed by atoms with Crippen molar-refractivity contribution in [2.45, 2.75) is 32.7 Å². The monoisotopic (exact) mass is 356 g/mol. The number of likely N-dealkylation sites (N-methyl/N-ethyl adjacent to an activating group) is 1. The number of rotatable bonds is 6. The highest BCUT2D eigenvalue weighted by atomic mass is 79.9. The van der Waals surface area contributed by atoms with E-state index in [4.69, 9.17) is 0 Å². The van der Waals surface area contributed by atoms with Crippen LogP contribution in [0.1, 0.15) is 23.2 Å². The van der Waals surface area contributed by atoms with Gasteiger partial charge in [0.05, 0.1) is 5.01 Å². The topological polar surface area (TPSA) is 24.9 Å². The Morgan fingerprint density at radius 2 is 2.15 bits per heavy atom. The Bertz CT molecular complexity index is 551. The minimum Gasteiger partial charge on any atom is -0.314 e. The summed E-state index contributed by atoms with van der Waals surface area (Å²) in [6.07, 6.45) is 1.67. The lowest BCUT2D eigenvalue weighted by atomic mass is 10.0. The minimum absolute atomic E-state index is 0.199. The maximum atomic E-state index is 13.4. The molecule has 0 amide bonds. The van der Waals surface area contributed by atoms with Gasteiger partial charge in [0.1, 0.15) is 5.82 Å². The molecule has 0 aliphatic rings. The molecule has 1 aromatic carbocycles. The van der Waals surface area contributed by atoms with Gasteiger partial charge in [-0.1, -0.05) is 22.9 Å². The first-order valence-corrected chi connectivity index (χ1v) is 8.33. The van der Waals surface area contributed by atoms with Crippen molar-refractivity contribution in [3.63, 3.8) is 0 Å². The molecule has 0 fully saturated rings. The van der Waals surface area contributed by atoms with Crippen molar-refractivity contribution in [3.8, 4) is 0 Å². The summed E-state index contributed by atoms with van der Waals surface area (Å²) in [6, 6.07) is 5.33. The summed E-state index contributed by atoms with van der Waals surface area (Å²) in [5, 5.41) is 6.65. The van der Waals surface area contributed by atoms with Gasteiger partial charge in [-0.2, -0.15) is 0 Å². The molecule has 1 aromatic heterocycles. The molecule has 1 unspecified atom stereocenters. The summed E-state index contributed by atoms with van der Waals surface area (Å²) in [6.45, 7) is 4.99. The molecule has 0 aliphatic carbocycles. The van der Waals surface area contributed by atoms with Crippen molar-refractivity contribution in [2.24, 2.45) is 0 Å². The fourth-order valence-corrected chi connectivity index (χ4v) is 3.59. The first-order chi connectivity index (χ1) is 9.56. The van der Waals surface area contributed by atoms with Crippen LogP contribution in [0, 0.1) is 12.7 Å². The smallest absolute Gasteiger partial charge is 0.124 e. The van der Waals surface area contributed by atoms with E-state index in [1.54, 1.807) is 17.4 Å². The molecule has 1 heterocycles. The number of aromatic nitrogens is 1. The zero-order valence-corrected chi connectivity index (χ0v) is 14.0. The van der Waals surface area contributed by atoms with Gasteiger partial charge in [0.25, 0.3) is 0 Å². The standard InChI is InChI=1S/C15H18BrFN2S/c1-3-18-14(8-15-19-10(2)9-20-15)6-11-4-12(16)7-13(17)5-11/h4-5,7,9,14,18H,3,6,8H2,1-2H3. The first-order valence-electron chi connectivity index (χ1n) is 6.66. The Balaban J connectivity index is 2.08. The number of aryl methyl sites for hydroxylation is 1. The van der Waals surface area contributed by atoms with E-state index in [1.807, 2.05) is 13.0 Å². The van der Waals surface area contributed by atoms with Crippen LogP contribution in [0.25, 0.3) is 0 Å². The molecule has 1 N–H and O–H groups in total. The predicted octanol–water partition coefficient (Wildman–Crippen LogP) is 4.12. The zero-order valence-electron chi connectivity index (χ0n) is 11.6. The average Bonchev–Trinajstić information content (AvgIpc) is 2.73. The van der Waals surface area contributed by atoms with Gasteiger partial charge < -0.3 is 5.32 Å². The molecule has 0 bridgehead atoms. The van der Waals surface area contributed by atoms with Gasteiger partial charge in [-0.15, -0.1) is 11.3 Å². The van der Waals surface area contributed by atoms with Crippen LogP contribution in [0.5, 0.6) is 0 Å². The molecule has 20 heavy (non-hydrogen) atoms. The molecule has 0 saturated heterocycles. The van der Waals surface area contributed by atoms with Crippen LogP contribution in [0.3, 0.4) is 0 Å². The molecule has 2 nitrogen and oxygen atoms in total. The third kappa shape index (κ3) is 4.65. The first kappa shape index (κ1) is 15.6.